The van der Waals surface area contributed by atoms with Gasteiger partial charge in [0.15, 0.2) is 5.11 Å². The average Bonchev–Trinajstić information content (AvgIpc) is 2.36. The summed E-state index contributed by atoms with van der Waals surface area (Å²) >= 11 is 5.06. The molecule has 1 aliphatic heterocycles. The van der Waals surface area contributed by atoms with Gasteiger partial charge in [-0.15, -0.1) is 0 Å². The first-order valence-electron chi connectivity index (χ1n) is 5.64. The number of nitrogens with zero attached hydrogens (tertiary/aromatic N) is 1. The van der Waals surface area contributed by atoms with Gasteiger partial charge in [0.1, 0.15) is 5.75 Å². The van der Waals surface area contributed by atoms with Gasteiger partial charge in [-0.1, -0.05) is 12.1 Å². The third-order valence-electron chi connectivity index (χ3n) is 2.42. The summed E-state index contributed by atoms with van der Waals surface area (Å²) in [7, 11) is 0. The number of nitrogens with one attached hydrogen (secondary N) is 2. The van der Waals surface area contributed by atoms with Crippen molar-refractivity contribution in [1.29, 1.82) is 0 Å². The molecule has 0 radical (unpaired) electrons. The summed E-state index contributed by atoms with van der Waals surface area (Å²) in [5.74, 6) is 0.883. The van der Waals surface area contributed by atoms with E-state index in [2.05, 4.69) is 15.8 Å². The minimum atomic E-state index is 0.545. The molecule has 4 nitrogen and oxygen atoms in total. The highest BCUT2D eigenvalue weighted by atomic mass is 32.1. The van der Waals surface area contributed by atoms with Crippen LogP contribution in [0.5, 0.6) is 5.75 Å². The molecule has 2 rings (SSSR count). The lowest BCUT2D eigenvalue weighted by Crippen LogP contribution is -2.33. The van der Waals surface area contributed by atoms with Crippen LogP contribution in [0.4, 0.5) is 0 Å². The molecule has 0 fully saturated rings. The molecule has 1 aromatic rings. The molecule has 90 valence electrons. The lowest BCUT2D eigenvalue weighted by Gasteiger charge is -2.18. The zero-order chi connectivity index (χ0) is 12.1. The van der Waals surface area contributed by atoms with E-state index in [0.717, 1.165) is 30.0 Å². The average molecular weight is 249 g/mol. The number of para-hydroxylation sites is 1. The molecule has 0 amide bonds. The fourth-order valence-corrected chi connectivity index (χ4v) is 1.85. The Kier molecular flexibility index (Phi) is 3.93. The van der Waals surface area contributed by atoms with Crippen LogP contribution in [0, 0.1) is 0 Å². The second-order valence-electron chi connectivity index (χ2n) is 3.62. The van der Waals surface area contributed by atoms with E-state index in [9.17, 15) is 0 Å². The van der Waals surface area contributed by atoms with E-state index in [-0.39, 0.29) is 0 Å². The summed E-state index contributed by atoms with van der Waals surface area (Å²) in [6, 6.07) is 7.89. The highest BCUT2D eigenvalue weighted by Crippen LogP contribution is 2.23. The van der Waals surface area contributed by atoms with Gasteiger partial charge in [-0.05, 0) is 31.3 Å². The first kappa shape index (κ1) is 11.9. The Morgan fingerprint density at radius 2 is 2.29 bits per heavy atom. The van der Waals surface area contributed by atoms with E-state index in [4.69, 9.17) is 17.0 Å². The predicted octanol–water partition coefficient (Wildman–Crippen LogP) is 1.66. The molecule has 0 spiro atoms. The van der Waals surface area contributed by atoms with Gasteiger partial charge in [-0.25, -0.2) is 0 Å². The zero-order valence-electron chi connectivity index (χ0n) is 9.69. The first-order valence-corrected chi connectivity index (χ1v) is 6.04. The van der Waals surface area contributed by atoms with Crippen LogP contribution in [0.25, 0.3) is 0 Å². The van der Waals surface area contributed by atoms with Crippen molar-refractivity contribution in [3.63, 3.8) is 0 Å². The van der Waals surface area contributed by atoms with Gasteiger partial charge in [0.05, 0.1) is 12.3 Å². The molecule has 0 bridgehead atoms. The predicted molar refractivity (Wildman–Crippen MR) is 72.5 cm³/mol. The number of rotatable bonds is 2. The summed E-state index contributed by atoms with van der Waals surface area (Å²) < 4.78 is 5.55. The van der Waals surface area contributed by atoms with Gasteiger partial charge in [-0.3, -0.25) is 5.43 Å². The number of hydrogen-bond acceptors (Lipinski definition) is 3. The number of thiocarbonyl (C=S) groups is 1. The molecule has 0 aliphatic carbocycles. The van der Waals surface area contributed by atoms with Gasteiger partial charge in [0.2, 0.25) is 0 Å². The van der Waals surface area contributed by atoms with Crippen LogP contribution in [0.15, 0.2) is 29.4 Å². The van der Waals surface area contributed by atoms with Crippen molar-refractivity contribution in [2.45, 2.75) is 13.3 Å². The normalized spacial score (nSPS) is 15.9. The number of fused-ring (bicyclic) bond motifs is 1. The fraction of sp³-hybridized carbons (Fsp3) is 0.333. The van der Waals surface area contributed by atoms with Gasteiger partial charge in [0, 0.05) is 18.5 Å². The maximum atomic E-state index is 5.55. The van der Waals surface area contributed by atoms with Gasteiger partial charge in [0.25, 0.3) is 0 Å². The zero-order valence-corrected chi connectivity index (χ0v) is 10.5. The van der Waals surface area contributed by atoms with Crippen molar-refractivity contribution in [3.05, 3.63) is 29.8 Å². The Morgan fingerprint density at radius 3 is 3.12 bits per heavy atom. The Balaban J connectivity index is 2.12. The van der Waals surface area contributed by atoms with Crippen LogP contribution in [0.3, 0.4) is 0 Å². The molecule has 0 unspecified atom stereocenters. The van der Waals surface area contributed by atoms with Crippen molar-refractivity contribution >= 4 is 23.0 Å². The van der Waals surface area contributed by atoms with Crippen LogP contribution in [0.1, 0.15) is 18.9 Å². The quantitative estimate of drug-likeness (QED) is 0.618. The molecule has 1 aromatic carbocycles. The van der Waals surface area contributed by atoms with E-state index >= 15 is 0 Å². The van der Waals surface area contributed by atoms with E-state index in [1.165, 1.54) is 0 Å². The van der Waals surface area contributed by atoms with Crippen LogP contribution in [0.2, 0.25) is 0 Å². The van der Waals surface area contributed by atoms with Gasteiger partial charge in [-0.2, -0.15) is 5.10 Å². The van der Waals surface area contributed by atoms with E-state index in [0.29, 0.717) is 11.7 Å². The van der Waals surface area contributed by atoms with E-state index in [1.54, 1.807) is 0 Å². The Bertz CT molecular complexity index is 445. The highest BCUT2D eigenvalue weighted by Gasteiger charge is 2.15. The lowest BCUT2D eigenvalue weighted by atomic mass is 10.0. The number of benzene rings is 1. The standard InChI is InChI=1S/C12H15N3OS/c1-2-13-12(17)15-14-10-7-8-16-11-6-4-3-5-9(10)11/h3-6H,2,7-8H2,1H3,(H2,13,15,17)/b14-10-. The van der Waals surface area contributed by atoms with Crippen molar-refractivity contribution < 1.29 is 4.74 Å². The highest BCUT2D eigenvalue weighted by molar-refractivity contribution is 7.80. The number of hydrogen-bond donors (Lipinski definition) is 2. The molecule has 2 N–H and O–H groups in total. The summed E-state index contributed by atoms with van der Waals surface area (Å²) in [5.41, 5.74) is 4.86. The van der Waals surface area contributed by atoms with Crippen LogP contribution >= 0.6 is 12.2 Å². The molecular formula is C12H15N3OS. The molecule has 1 heterocycles. The second kappa shape index (κ2) is 5.63. The van der Waals surface area contributed by atoms with E-state index in [1.807, 2.05) is 31.2 Å². The topological polar surface area (TPSA) is 45.7 Å². The third kappa shape index (κ3) is 2.94. The number of ether oxygens (including phenoxy) is 1. The molecule has 1 aliphatic rings. The smallest absolute Gasteiger partial charge is 0.186 e. The monoisotopic (exact) mass is 249 g/mol. The third-order valence-corrected chi connectivity index (χ3v) is 2.66. The lowest BCUT2D eigenvalue weighted by molar-refractivity contribution is 0.320. The summed E-state index contributed by atoms with van der Waals surface area (Å²) in [5, 5.41) is 7.86. The molecule has 0 saturated heterocycles. The van der Waals surface area contributed by atoms with E-state index < -0.39 is 0 Å². The van der Waals surface area contributed by atoms with Crippen LogP contribution < -0.4 is 15.5 Å². The fourth-order valence-electron chi connectivity index (χ4n) is 1.66. The Hall–Kier alpha value is -1.62. The Labute approximate surface area is 106 Å². The molecule has 0 aromatic heterocycles. The SMILES string of the molecule is CCNC(=S)N/N=C1/CCOc2ccccc21. The first-order chi connectivity index (χ1) is 8.31. The summed E-state index contributed by atoms with van der Waals surface area (Å²) in [6.07, 6.45) is 0.790. The van der Waals surface area contributed by atoms with Crippen LogP contribution in [-0.2, 0) is 0 Å². The largest absolute Gasteiger partial charge is 0.492 e. The molecule has 0 saturated carbocycles. The maximum absolute atomic E-state index is 5.55. The minimum Gasteiger partial charge on any atom is -0.492 e. The molecule has 0 atom stereocenters. The minimum absolute atomic E-state index is 0.545. The maximum Gasteiger partial charge on any atom is 0.186 e. The second-order valence-corrected chi connectivity index (χ2v) is 4.03. The molecule has 17 heavy (non-hydrogen) atoms. The van der Waals surface area contributed by atoms with Crippen molar-refractivity contribution in [2.24, 2.45) is 5.10 Å². The van der Waals surface area contributed by atoms with Crippen molar-refractivity contribution in [2.75, 3.05) is 13.2 Å². The van der Waals surface area contributed by atoms with Gasteiger partial charge < -0.3 is 10.1 Å². The van der Waals surface area contributed by atoms with Crippen molar-refractivity contribution in [3.8, 4) is 5.75 Å². The van der Waals surface area contributed by atoms with Gasteiger partial charge >= 0.3 is 0 Å². The van der Waals surface area contributed by atoms with Crippen molar-refractivity contribution in [1.82, 2.24) is 10.7 Å². The van der Waals surface area contributed by atoms with Crippen LogP contribution in [-0.4, -0.2) is 24.0 Å². The Morgan fingerprint density at radius 1 is 1.47 bits per heavy atom. The molecule has 5 heteroatoms. The summed E-state index contributed by atoms with van der Waals surface area (Å²) in [6.45, 7) is 3.44. The molecular weight excluding hydrogens is 234 g/mol. The number of hydrazone groups is 1. The summed E-state index contributed by atoms with van der Waals surface area (Å²) in [4.78, 5) is 0.